The average molecular weight is 484 g/mol. The summed E-state index contributed by atoms with van der Waals surface area (Å²) in [5, 5.41) is 2.45. The fraction of sp³-hybridized carbons (Fsp3) is 0.433. The van der Waals surface area contributed by atoms with E-state index in [2.05, 4.69) is 70.5 Å². The van der Waals surface area contributed by atoms with E-state index in [1.54, 1.807) is 0 Å². The summed E-state index contributed by atoms with van der Waals surface area (Å²) in [4.78, 5) is 25.0. The Morgan fingerprint density at radius 3 is 2.72 bits per heavy atom. The monoisotopic (exact) mass is 483 g/mol. The molecule has 36 heavy (non-hydrogen) atoms. The lowest BCUT2D eigenvalue weighted by Gasteiger charge is -2.40. The SMILES string of the molecule is Cc1ccc2cc(C(=O)N3C[C@H](N)CC[C@@H]3CCN3CCC(c4c[nH]c5ccccc45)CC3)[nH]c2c1. The highest BCUT2D eigenvalue weighted by Gasteiger charge is 2.32. The number of aryl methyl sites for hydroxylation is 1. The molecule has 2 aromatic carbocycles. The Morgan fingerprint density at radius 1 is 1.03 bits per heavy atom. The van der Waals surface area contributed by atoms with E-state index in [1.807, 2.05) is 11.0 Å². The second kappa shape index (κ2) is 9.75. The number of amides is 1. The van der Waals surface area contributed by atoms with Crippen molar-refractivity contribution in [3.05, 3.63) is 71.5 Å². The van der Waals surface area contributed by atoms with Gasteiger partial charge >= 0.3 is 0 Å². The van der Waals surface area contributed by atoms with Crippen LogP contribution in [-0.2, 0) is 0 Å². The van der Waals surface area contributed by atoms with Crippen molar-refractivity contribution in [3.63, 3.8) is 0 Å². The first-order valence-electron chi connectivity index (χ1n) is 13.5. The lowest BCUT2D eigenvalue weighted by atomic mass is 9.89. The molecule has 6 nitrogen and oxygen atoms in total. The van der Waals surface area contributed by atoms with Crippen molar-refractivity contribution in [1.82, 2.24) is 19.8 Å². The molecule has 2 saturated heterocycles. The minimum Gasteiger partial charge on any atom is -0.361 e. The molecular weight excluding hydrogens is 446 g/mol. The van der Waals surface area contributed by atoms with Crippen LogP contribution in [0.2, 0.25) is 0 Å². The predicted molar refractivity (Wildman–Crippen MR) is 146 cm³/mol. The second-order valence-corrected chi connectivity index (χ2v) is 10.9. The Hall–Kier alpha value is -3.09. The summed E-state index contributed by atoms with van der Waals surface area (Å²) >= 11 is 0. The number of nitrogens with zero attached hydrogens (tertiary/aromatic N) is 2. The van der Waals surface area contributed by atoms with E-state index in [0.29, 0.717) is 18.2 Å². The van der Waals surface area contributed by atoms with E-state index in [9.17, 15) is 4.79 Å². The number of piperidine rings is 2. The molecule has 0 radical (unpaired) electrons. The zero-order chi connectivity index (χ0) is 24.6. The van der Waals surface area contributed by atoms with Gasteiger partial charge in [0.1, 0.15) is 5.69 Å². The van der Waals surface area contributed by atoms with Crippen LogP contribution in [0.5, 0.6) is 0 Å². The number of carbonyl (C=O) groups excluding carboxylic acids is 1. The summed E-state index contributed by atoms with van der Waals surface area (Å²) in [7, 11) is 0. The number of aromatic nitrogens is 2. The molecule has 2 fully saturated rings. The Morgan fingerprint density at radius 2 is 1.86 bits per heavy atom. The fourth-order valence-corrected chi connectivity index (χ4v) is 6.35. The average Bonchev–Trinajstić information content (AvgIpc) is 3.52. The number of para-hydroxylation sites is 1. The van der Waals surface area contributed by atoms with E-state index < -0.39 is 0 Å². The van der Waals surface area contributed by atoms with Gasteiger partial charge in [-0.25, -0.2) is 0 Å². The minimum atomic E-state index is 0.0590. The molecule has 0 saturated carbocycles. The highest BCUT2D eigenvalue weighted by atomic mass is 16.2. The predicted octanol–water partition coefficient (Wildman–Crippen LogP) is 5.16. The topological polar surface area (TPSA) is 81.2 Å². The molecule has 0 spiro atoms. The van der Waals surface area contributed by atoms with Crippen LogP contribution < -0.4 is 5.73 Å². The third-order valence-corrected chi connectivity index (χ3v) is 8.44. The van der Waals surface area contributed by atoms with Crippen molar-refractivity contribution in [1.29, 1.82) is 0 Å². The number of nitrogens with one attached hydrogen (secondary N) is 2. The van der Waals surface area contributed by atoms with Crippen LogP contribution in [0.4, 0.5) is 0 Å². The Balaban J connectivity index is 1.09. The second-order valence-electron chi connectivity index (χ2n) is 10.9. The van der Waals surface area contributed by atoms with Crippen LogP contribution in [-0.4, -0.2) is 63.9 Å². The van der Waals surface area contributed by atoms with E-state index in [4.69, 9.17) is 5.73 Å². The molecule has 4 aromatic rings. The molecule has 6 heteroatoms. The molecule has 4 N–H and O–H groups in total. The number of benzene rings is 2. The third kappa shape index (κ3) is 4.56. The number of rotatable bonds is 5. The molecule has 1 amide bonds. The molecule has 6 rings (SSSR count). The number of hydrogen-bond donors (Lipinski definition) is 3. The summed E-state index contributed by atoms with van der Waals surface area (Å²) in [5.74, 6) is 0.704. The molecule has 188 valence electrons. The van der Waals surface area contributed by atoms with Gasteiger partial charge in [0, 0.05) is 53.2 Å². The summed E-state index contributed by atoms with van der Waals surface area (Å²) in [5.41, 5.74) is 11.9. The molecule has 2 aromatic heterocycles. The van der Waals surface area contributed by atoms with Crippen molar-refractivity contribution in [2.24, 2.45) is 5.73 Å². The van der Waals surface area contributed by atoms with Crippen LogP contribution in [0.3, 0.4) is 0 Å². The van der Waals surface area contributed by atoms with Gasteiger partial charge in [-0.1, -0.05) is 30.3 Å². The maximum absolute atomic E-state index is 13.6. The summed E-state index contributed by atoms with van der Waals surface area (Å²) < 4.78 is 0. The molecule has 2 aliphatic heterocycles. The highest BCUT2D eigenvalue weighted by molar-refractivity contribution is 5.98. The van der Waals surface area contributed by atoms with Gasteiger partial charge in [0.2, 0.25) is 0 Å². The van der Waals surface area contributed by atoms with Crippen LogP contribution >= 0.6 is 0 Å². The van der Waals surface area contributed by atoms with Gasteiger partial charge in [0.15, 0.2) is 0 Å². The lowest BCUT2D eigenvalue weighted by molar-refractivity contribution is 0.0546. The van der Waals surface area contributed by atoms with Gasteiger partial charge < -0.3 is 25.5 Å². The molecule has 2 aliphatic rings. The van der Waals surface area contributed by atoms with Crippen molar-refractivity contribution in [2.75, 3.05) is 26.2 Å². The third-order valence-electron chi connectivity index (χ3n) is 8.44. The van der Waals surface area contributed by atoms with Crippen LogP contribution in [0.25, 0.3) is 21.8 Å². The number of fused-ring (bicyclic) bond motifs is 2. The van der Waals surface area contributed by atoms with E-state index >= 15 is 0 Å². The highest BCUT2D eigenvalue weighted by Crippen LogP contribution is 2.33. The quantitative estimate of drug-likeness (QED) is 0.367. The summed E-state index contributed by atoms with van der Waals surface area (Å²) in [6.07, 6.45) is 7.57. The first kappa shape index (κ1) is 23.3. The van der Waals surface area contributed by atoms with Gasteiger partial charge in [0.05, 0.1) is 0 Å². The zero-order valence-electron chi connectivity index (χ0n) is 21.2. The van der Waals surface area contributed by atoms with Crippen molar-refractivity contribution in [3.8, 4) is 0 Å². The molecule has 0 aliphatic carbocycles. The van der Waals surface area contributed by atoms with Crippen LogP contribution in [0.15, 0.2) is 54.7 Å². The Kier molecular flexibility index (Phi) is 6.32. The number of aromatic amines is 2. The Bertz CT molecular complexity index is 1360. The van der Waals surface area contributed by atoms with Crippen LogP contribution in [0.1, 0.15) is 59.6 Å². The number of hydrogen-bond acceptors (Lipinski definition) is 3. The fourth-order valence-electron chi connectivity index (χ4n) is 6.35. The van der Waals surface area contributed by atoms with Gasteiger partial charge in [-0.3, -0.25) is 4.79 Å². The molecule has 0 unspecified atom stereocenters. The minimum absolute atomic E-state index is 0.0590. The van der Waals surface area contributed by atoms with Gasteiger partial charge in [-0.05, 0) is 87.4 Å². The van der Waals surface area contributed by atoms with Gasteiger partial charge in [-0.15, -0.1) is 0 Å². The molecule has 4 heterocycles. The normalized spacial score (nSPS) is 22.0. The van der Waals surface area contributed by atoms with Gasteiger partial charge in [0.25, 0.3) is 5.91 Å². The van der Waals surface area contributed by atoms with E-state index in [0.717, 1.165) is 49.8 Å². The van der Waals surface area contributed by atoms with E-state index in [-0.39, 0.29) is 18.0 Å². The molecule has 0 bridgehead atoms. The molecular formula is C30H37N5O. The number of likely N-dealkylation sites (tertiary alicyclic amines) is 2. The first-order valence-corrected chi connectivity index (χ1v) is 13.5. The first-order chi connectivity index (χ1) is 17.5. The molecule has 2 atom stereocenters. The Labute approximate surface area is 212 Å². The van der Waals surface area contributed by atoms with E-state index in [1.165, 1.54) is 34.9 Å². The van der Waals surface area contributed by atoms with Gasteiger partial charge in [-0.2, -0.15) is 0 Å². The number of nitrogens with two attached hydrogens (primary N) is 1. The smallest absolute Gasteiger partial charge is 0.270 e. The van der Waals surface area contributed by atoms with Crippen molar-refractivity contribution >= 4 is 27.7 Å². The summed E-state index contributed by atoms with van der Waals surface area (Å²) in [6, 6.07) is 17.2. The largest absolute Gasteiger partial charge is 0.361 e. The lowest BCUT2D eigenvalue weighted by Crippen LogP contribution is -2.52. The van der Waals surface area contributed by atoms with Crippen molar-refractivity contribution in [2.45, 2.75) is 57.0 Å². The maximum Gasteiger partial charge on any atom is 0.270 e. The maximum atomic E-state index is 13.6. The number of carbonyl (C=O) groups is 1. The number of H-pyrrole nitrogens is 2. The zero-order valence-corrected chi connectivity index (χ0v) is 21.2. The van der Waals surface area contributed by atoms with Crippen LogP contribution in [0, 0.1) is 6.92 Å². The van der Waals surface area contributed by atoms with Crippen molar-refractivity contribution < 1.29 is 4.79 Å². The summed E-state index contributed by atoms with van der Waals surface area (Å²) in [6.45, 7) is 5.99. The standard InChI is InChI=1S/C30H37N5O/c1-20-6-7-22-17-29(33-28(22)16-20)30(36)35-19-23(31)8-9-24(35)12-15-34-13-10-21(11-14-34)26-18-32-27-5-3-2-4-25(26)27/h2-7,16-18,21,23-24,32-33H,8-15,19,31H2,1H3/t23-,24-/m1/s1.